The summed E-state index contributed by atoms with van der Waals surface area (Å²) in [6.45, 7) is 4.31. The monoisotopic (exact) mass is 338 g/mol. The zero-order valence-electron chi connectivity index (χ0n) is 10.9. The highest BCUT2D eigenvalue weighted by Crippen LogP contribution is 2.69. The van der Waals surface area contributed by atoms with Crippen LogP contribution < -0.4 is 4.52 Å². The van der Waals surface area contributed by atoms with Crippen LogP contribution in [0.2, 0.25) is 0 Å². The standard InChI is InChI=1S/C12H19OPS4/c1-4-10-18-14(15,17-5-2)13-11-6-8-12(16-3)9-7-11/h6-9H,4-5,10H2,1-3H3. The third-order valence-electron chi connectivity index (χ3n) is 2.02. The average molecular weight is 339 g/mol. The Morgan fingerprint density at radius 2 is 1.83 bits per heavy atom. The molecule has 102 valence electrons. The van der Waals surface area contributed by atoms with E-state index in [4.69, 9.17) is 16.3 Å². The van der Waals surface area contributed by atoms with Crippen LogP contribution in [0, 0.1) is 0 Å². The molecule has 0 N–H and O–H groups in total. The van der Waals surface area contributed by atoms with E-state index in [1.54, 1.807) is 23.1 Å². The van der Waals surface area contributed by atoms with Crippen molar-refractivity contribution in [2.75, 3.05) is 17.8 Å². The van der Waals surface area contributed by atoms with Gasteiger partial charge in [-0.3, -0.25) is 0 Å². The van der Waals surface area contributed by atoms with E-state index >= 15 is 0 Å². The number of hydrogen-bond acceptors (Lipinski definition) is 5. The Morgan fingerprint density at radius 3 is 2.33 bits per heavy atom. The van der Waals surface area contributed by atoms with Gasteiger partial charge in [0.25, 0.3) is 0 Å². The summed E-state index contributed by atoms with van der Waals surface area (Å²) in [4.78, 5) is 1.25. The quantitative estimate of drug-likeness (QED) is 0.429. The molecule has 0 bridgehead atoms. The fourth-order valence-electron chi connectivity index (χ4n) is 1.22. The number of thioether (sulfide) groups is 1. The van der Waals surface area contributed by atoms with Crippen molar-refractivity contribution in [2.24, 2.45) is 0 Å². The second-order valence-corrected chi connectivity index (χ2v) is 15.2. The van der Waals surface area contributed by atoms with Crippen molar-refractivity contribution in [3.8, 4) is 5.75 Å². The van der Waals surface area contributed by atoms with Crippen molar-refractivity contribution in [2.45, 2.75) is 25.2 Å². The van der Waals surface area contributed by atoms with Gasteiger partial charge in [0.05, 0.1) is 0 Å². The van der Waals surface area contributed by atoms with Gasteiger partial charge < -0.3 is 4.52 Å². The summed E-state index contributed by atoms with van der Waals surface area (Å²) in [5.41, 5.74) is 0. The maximum Gasteiger partial charge on any atom is 0.222 e. The van der Waals surface area contributed by atoms with E-state index in [0.29, 0.717) is 0 Å². The molecule has 1 aromatic carbocycles. The van der Waals surface area contributed by atoms with Gasteiger partial charge in [0.1, 0.15) is 5.75 Å². The average Bonchev–Trinajstić information content (AvgIpc) is 2.38. The van der Waals surface area contributed by atoms with Gasteiger partial charge in [-0.1, -0.05) is 36.6 Å². The molecular weight excluding hydrogens is 319 g/mol. The largest absolute Gasteiger partial charge is 0.448 e. The Morgan fingerprint density at radius 1 is 1.17 bits per heavy atom. The van der Waals surface area contributed by atoms with Gasteiger partial charge in [0.15, 0.2) is 0 Å². The van der Waals surface area contributed by atoms with Crippen molar-refractivity contribution in [3.05, 3.63) is 24.3 Å². The lowest BCUT2D eigenvalue weighted by atomic mass is 10.3. The topological polar surface area (TPSA) is 9.23 Å². The highest BCUT2D eigenvalue weighted by molar-refractivity contribution is 8.99. The van der Waals surface area contributed by atoms with Crippen LogP contribution >= 0.6 is 39.2 Å². The van der Waals surface area contributed by atoms with E-state index in [0.717, 1.165) is 23.7 Å². The summed E-state index contributed by atoms with van der Waals surface area (Å²) in [7, 11) is 0. The first-order valence-electron chi connectivity index (χ1n) is 5.86. The van der Waals surface area contributed by atoms with Crippen LogP contribution in [0.25, 0.3) is 0 Å². The van der Waals surface area contributed by atoms with Crippen molar-refractivity contribution >= 4 is 51.0 Å². The molecule has 0 saturated carbocycles. The fourth-order valence-corrected chi connectivity index (χ4v) is 10.3. The van der Waals surface area contributed by atoms with Gasteiger partial charge in [0, 0.05) is 10.6 Å². The van der Waals surface area contributed by atoms with Crippen LogP contribution in [0.3, 0.4) is 0 Å². The normalized spacial score (nSPS) is 14.2. The van der Waals surface area contributed by atoms with Crippen molar-refractivity contribution in [1.82, 2.24) is 0 Å². The predicted octanol–water partition coefficient (Wildman–Crippen LogP) is 5.91. The van der Waals surface area contributed by atoms with Crippen LogP contribution in [0.5, 0.6) is 5.75 Å². The molecule has 0 aliphatic rings. The molecule has 0 spiro atoms. The molecule has 0 amide bonds. The molecule has 0 heterocycles. The first kappa shape index (κ1) is 16.8. The van der Waals surface area contributed by atoms with Gasteiger partial charge in [-0.15, -0.1) is 11.8 Å². The Bertz CT molecular complexity index is 394. The molecule has 1 aromatic rings. The Kier molecular flexibility index (Phi) is 8.20. The molecule has 0 radical (unpaired) electrons. The Balaban J connectivity index is 2.72. The summed E-state index contributed by atoms with van der Waals surface area (Å²) in [6.07, 6.45) is 3.21. The van der Waals surface area contributed by atoms with Gasteiger partial charge in [0.2, 0.25) is 4.67 Å². The lowest BCUT2D eigenvalue weighted by molar-refractivity contribution is 0.636. The summed E-state index contributed by atoms with van der Waals surface area (Å²) in [5.74, 6) is 2.99. The molecule has 1 unspecified atom stereocenters. The maximum atomic E-state index is 6.09. The van der Waals surface area contributed by atoms with Gasteiger partial charge in [-0.05, 0) is 54.5 Å². The minimum Gasteiger partial charge on any atom is -0.448 e. The minimum atomic E-state index is -1.82. The second kappa shape index (κ2) is 8.80. The summed E-state index contributed by atoms with van der Waals surface area (Å²) in [6, 6.07) is 8.22. The molecule has 1 atom stereocenters. The third-order valence-corrected chi connectivity index (χ3v) is 12.4. The summed E-state index contributed by atoms with van der Waals surface area (Å²) in [5, 5.41) is 0. The van der Waals surface area contributed by atoms with Crippen molar-refractivity contribution in [1.29, 1.82) is 0 Å². The molecule has 6 heteroatoms. The molecule has 0 aromatic heterocycles. The fraction of sp³-hybridized carbons (Fsp3) is 0.500. The van der Waals surface area contributed by atoms with Crippen LogP contribution in [-0.2, 0) is 11.8 Å². The lowest BCUT2D eigenvalue weighted by Crippen LogP contribution is -1.88. The zero-order chi connectivity index (χ0) is 13.4. The maximum absolute atomic E-state index is 6.09. The van der Waals surface area contributed by atoms with Crippen molar-refractivity contribution < 1.29 is 4.52 Å². The van der Waals surface area contributed by atoms with E-state index < -0.39 is 4.67 Å². The smallest absolute Gasteiger partial charge is 0.222 e. The zero-order valence-corrected chi connectivity index (χ0v) is 15.1. The molecule has 1 rings (SSSR count). The van der Waals surface area contributed by atoms with Crippen LogP contribution in [0.1, 0.15) is 20.3 Å². The molecule has 0 aliphatic heterocycles. The van der Waals surface area contributed by atoms with E-state index in [2.05, 4.69) is 32.2 Å². The number of rotatable bonds is 8. The number of benzene rings is 1. The SMILES string of the molecule is CCCSP(=S)(Oc1ccc(SC)cc1)SCC. The predicted molar refractivity (Wildman–Crippen MR) is 94.0 cm³/mol. The minimum absolute atomic E-state index is 0.903. The van der Waals surface area contributed by atoms with Crippen LogP contribution in [-0.4, -0.2) is 17.8 Å². The van der Waals surface area contributed by atoms with E-state index in [9.17, 15) is 0 Å². The summed E-state index contributed by atoms with van der Waals surface area (Å²) < 4.78 is 4.27. The molecule has 0 fully saturated rings. The van der Waals surface area contributed by atoms with E-state index in [1.165, 1.54) is 4.90 Å². The Hall–Kier alpha value is 0.720. The van der Waals surface area contributed by atoms with Crippen LogP contribution in [0.4, 0.5) is 0 Å². The third kappa shape index (κ3) is 5.79. The van der Waals surface area contributed by atoms with Gasteiger partial charge >= 0.3 is 0 Å². The van der Waals surface area contributed by atoms with Crippen molar-refractivity contribution in [3.63, 3.8) is 0 Å². The van der Waals surface area contributed by atoms with E-state index in [1.807, 2.05) is 23.5 Å². The second-order valence-electron chi connectivity index (χ2n) is 3.47. The van der Waals surface area contributed by atoms with E-state index in [-0.39, 0.29) is 0 Å². The molecule has 0 saturated heterocycles. The first-order chi connectivity index (χ1) is 8.63. The Labute approximate surface area is 128 Å². The molecule has 1 nitrogen and oxygen atoms in total. The highest BCUT2D eigenvalue weighted by Gasteiger charge is 2.19. The number of hydrogen-bond donors (Lipinski definition) is 0. The van der Waals surface area contributed by atoms with Gasteiger partial charge in [-0.2, -0.15) is 0 Å². The highest BCUT2D eigenvalue weighted by atomic mass is 33.2. The molecular formula is C12H19OPS4. The van der Waals surface area contributed by atoms with Gasteiger partial charge in [-0.25, -0.2) is 0 Å². The lowest BCUT2D eigenvalue weighted by Gasteiger charge is -2.21. The molecule has 0 aliphatic carbocycles. The first-order valence-corrected chi connectivity index (χ1v) is 13.0. The summed E-state index contributed by atoms with van der Waals surface area (Å²) >= 11 is 11.1. The molecule has 18 heavy (non-hydrogen) atoms. The van der Waals surface area contributed by atoms with Crippen LogP contribution in [0.15, 0.2) is 29.2 Å².